The van der Waals surface area contributed by atoms with E-state index in [1.807, 2.05) is 6.92 Å². The van der Waals surface area contributed by atoms with E-state index in [1.54, 1.807) is 4.90 Å². The monoisotopic (exact) mass is 316 g/mol. The van der Waals surface area contributed by atoms with Gasteiger partial charge in [-0.2, -0.15) is 0 Å². The van der Waals surface area contributed by atoms with Crippen molar-refractivity contribution in [3.05, 3.63) is 0 Å². The second kappa shape index (κ2) is 6.77. The van der Waals surface area contributed by atoms with E-state index in [0.717, 1.165) is 19.3 Å². The van der Waals surface area contributed by atoms with Gasteiger partial charge >= 0.3 is 0 Å². The summed E-state index contributed by atoms with van der Waals surface area (Å²) in [6.45, 7) is 3.71. The minimum atomic E-state index is -3.05. The summed E-state index contributed by atoms with van der Waals surface area (Å²) < 4.78 is 23.0. The molecule has 0 radical (unpaired) electrons. The van der Waals surface area contributed by atoms with Gasteiger partial charge in [-0.05, 0) is 25.7 Å². The maximum Gasteiger partial charge on any atom is 0.226 e. The maximum absolute atomic E-state index is 12.4. The van der Waals surface area contributed by atoms with Crippen LogP contribution >= 0.6 is 0 Å². The van der Waals surface area contributed by atoms with Crippen molar-refractivity contribution in [2.24, 2.45) is 11.8 Å². The van der Waals surface area contributed by atoms with Crippen molar-refractivity contribution in [1.82, 2.24) is 10.2 Å². The van der Waals surface area contributed by atoms with Crippen LogP contribution in [0.1, 0.15) is 32.6 Å². The van der Waals surface area contributed by atoms with Crippen molar-refractivity contribution >= 4 is 21.7 Å². The molecule has 7 heteroatoms. The maximum atomic E-state index is 12.4. The minimum absolute atomic E-state index is 0.00777. The number of hydrogen-bond donors (Lipinski definition) is 1. The van der Waals surface area contributed by atoms with Crippen LogP contribution in [0.2, 0.25) is 0 Å². The van der Waals surface area contributed by atoms with Crippen molar-refractivity contribution in [2.45, 2.75) is 32.6 Å². The van der Waals surface area contributed by atoms with Gasteiger partial charge in [0.15, 0.2) is 9.84 Å². The summed E-state index contributed by atoms with van der Waals surface area (Å²) in [5, 5.41) is 2.87. The Morgan fingerprint density at radius 3 is 2.62 bits per heavy atom. The third-order valence-electron chi connectivity index (χ3n) is 4.23. The summed E-state index contributed by atoms with van der Waals surface area (Å²) >= 11 is 0. The Balaban J connectivity index is 1.91. The van der Waals surface area contributed by atoms with Crippen LogP contribution in [0, 0.1) is 11.8 Å². The first-order chi connectivity index (χ1) is 9.93. The molecule has 2 atom stereocenters. The van der Waals surface area contributed by atoms with Gasteiger partial charge in [0.2, 0.25) is 11.8 Å². The molecule has 0 aromatic rings. The van der Waals surface area contributed by atoms with E-state index in [0.29, 0.717) is 26.1 Å². The van der Waals surface area contributed by atoms with Gasteiger partial charge in [0.1, 0.15) is 0 Å². The first kappa shape index (κ1) is 16.3. The average molecular weight is 316 g/mol. The fraction of sp³-hybridized carbons (Fsp3) is 0.857. The zero-order chi connectivity index (χ0) is 15.5. The molecule has 2 fully saturated rings. The molecule has 2 amide bonds. The topological polar surface area (TPSA) is 83.6 Å². The van der Waals surface area contributed by atoms with E-state index in [9.17, 15) is 18.0 Å². The molecular weight excluding hydrogens is 292 g/mol. The summed E-state index contributed by atoms with van der Waals surface area (Å²) in [7, 11) is -3.05. The summed E-state index contributed by atoms with van der Waals surface area (Å²) in [5.41, 5.74) is 0. The molecule has 2 unspecified atom stereocenters. The second-order valence-electron chi connectivity index (χ2n) is 6.01. The molecule has 0 spiro atoms. The molecule has 0 bridgehead atoms. The summed E-state index contributed by atoms with van der Waals surface area (Å²) in [5.74, 6) is -0.579. The van der Waals surface area contributed by atoms with Crippen LogP contribution in [0.3, 0.4) is 0 Å². The third-order valence-corrected chi connectivity index (χ3v) is 6.00. The quantitative estimate of drug-likeness (QED) is 0.802. The molecule has 0 aromatic heterocycles. The number of carbonyl (C=O) groups excluding carboxylic acids is 2. The van der Waals surface area contributed by atoms with Gasteiger partial charge < -0.3 is 10.2 Å². The number of hydrogen-bond acceptors (Lipinski definition) is 4. The molecular formula is C14H24N2O4S. The van der Waals surface area contributed by atoms with Crippen LogP contribution in [-0.4, -0.2) is 56.3 Å². The lowest BCUT2D eigenvalue weighted by Crippen LogP contribution is -2.47. The van der Waals surface area contributed by atoms with E-state index in [-0.39, 0.29) is 29.2 Å². The van der Waals surface area contributed by atoms with Gasteiger partial charge in [-0.25, -0.2) is 8.42 Å². The Kier molecular flexibility index (Phi) is 5.24. The Labute approximate surface area is 126 Å². The minimum Gasteiger partial charge on any atom is -0.356 e. The van der Waals surface area contributed by atoms with Crippen molar-refractivity contribution in [3.8, 4) is 0 Å². The molecule has 6 nitrogen and oxygen atoms in total. The molecule has 2 aliphatic rings. The SMILES string of the molecule is CCCNC(=O)C1CCCN(C(=O)C2CCS(=O)(=O)C2)C1. The van der Waals surface area contributed by atoms with E-state index in [1.165, 1.54) is 0 Å². The van der Waals surface area contributed by atoms with Crippen LogP contribution in [0.4, 0.5) is 0 Å². The molecule has 2 saturated heterocycles. The summed E-state index contributed by atoms with van der Waals surface area (Å²) in [6.07, 6.45) is 2.91. The first-order valence-electron chi connectivity index (χ1n) is 7.70. The molecule has 2 rings (SSSR count). The normalized spacial score (nSPS) is 28.3. The summed E-state index contributed by atoms with van der Waals surface area (Å²) in [6, 6.07) is 0. The Hall–Kier alpha value is -1.11. The number of sulfone groups is 1. The number of carbonyl (C=O) groups is 2. The number of amides is 2. The lowest BCUT2D eigenvalue weighted by Gasteiger charge is -2.33. The molecule has 2 heterocycles. The van der Waals surface area contributed by atoms with E-state index in [4.69, 9.17) is 0 Å². The van der Waals surface area contributed by atoms with Crippen molar-refractivity contribution in [3.63, 3.8) is 0 Å². The average Bonchev–Trinajstić information content (AvgIpc) is 2.84. The molecule has 0 aliphatic carbocycles. The largest absolute Gasteiger partial charge is 0.356 e. The zero-order valence-electron chi connectivity index (χ0n) is 12.5. The van der Waals surface area contributed by atoms with Gasteiger partial charge in [-0.15, -0.1) is 0 Å². The van der Waals surface area contributed by atoms with Gasteiger partial charge in [0, 0.05) is 19.6 Å². The highest BCUT2D eigenvalue weighted by Gasteiger charge is 2.37. The fourth-order valence-electron chi connectivity index (χ4n) is 3.03. The van der Waals surface area contributed by atoms with Crippen molar-refractivity contribution in [2.75, 3.05) is 31.1 Å². The first-order valence-corrected chi connectivity index (χ1v) is 9.52. The fourth-order valence-corrected chi connectivity index (χ4v) is 4.76. The second-order valence-corrected chi connectivity index (χ2v) is 8.24. The predicted molar refractivity (Wildman–Crippen MR) is 79.4 cm³/mol. The van der Waals surface area contributed by atoms with Crippen LogP contribution in [0.25, 0.3) is 0 Å². The highest BCUT2D eigenvalue weighted by Crippen LogP contribution is 2.24. The van der Waals surface area contributed by atoms with E-state index >= 15 is 0 Å². The highest BCUT2D eigenvalue weighted by atomic mass is 32.2. The Morgan fingerprint density at radius 2 is 2.00 bits per heavy atom. The Bertz CT molecular complexity index is 503. The Morgan fingerprint density at radius 1 is 1.24 bits per heavy atom. The van der Waals surface area contributed by atoms with Crippen LogP contribution < -0.4 is 5.32 Å². The van der Waals surface area contributed by atoms with Crippen molar-refractivity contribution < 1.29 is 18.0 Å². The molecule has 0 aromatic carbocycles. The molecule has 2 aliphatic heterocycles. The van der Waals surface area contributed by atoms with Crippen LogP contribution in [-0.2, 0) is 19.4 Å². The van der Waals surface area contributed by atoms with E-state index in [2.05, 4.69) is 5.32 Å². The van der Waals surface area contributed by atoms with Crippen LogP contribution in [0.5, 0.6) is 0 Å². The van der Waals surface area contributed by atoms with Gasteiger partial charge in [-0.3, -0.25) is 9.59 Å². The zero-order valence-corrected chi connectivity index (χ0v) is 13.3. The predicted octanol–water partition coefficient (Wildman–Crippen LogP) is 0.186. The molecule has 1 N–H and O–H groups in total. The molecule has 21 heavy (non-hydrogen) atoms. The lowest BCUT2D eigenvalue weighted by molar-refractivity contribution is -0.138. The molecule has 120 valence electrons. The standard InChI is InChI=1S/C14H24N2O4S/c1-2-6-15-13(17)11-4-3-7-16(9-11)14(18)12-5-8-21(19,20)10-12/h11-12H,2-10H2,1H3,(H,15,17). The number of nitrogens with one attached hydrogen (secondary N) is 1. The van der Waals surface area contributed by atoms with E-state index < -0.39 is 15.8 Å². The van der Waals surface area contributed by atoms with Gasteiger partial charge in [0.25, 0.3) is 0 Å². The van der Waals surface area contributed by atoms with Crippen molar-refractivity contribution in [1.29, 1.82) is 0 Å². The highest BCUT2D eigenvalue weighted by molar-refractivity contribution is 7.91. The summed E-state index contributed by atoms with van der Waals surface area (Å²) in [4.78, 5) is 26.1. The van der Waals surface area contributed by atoms with Gasteiger partial charge in [0.05, 0.1) is 23.3 Å². The van der Waals surface area contributed by atoms with Crippen LogP contribution in [0.15, 0.2) is 0 Å². The number of nitrogens with zero attached hydrogens (tertiary/aromatic N) is 1. The third kappa shape index (κ3) is 4.18. The smallest absolute Gasteiger partial charge is 0.226 e. The number of piperidine rings is 1. The lowest BCUT2D eigenvalue weighted by atomic mass is 9.95. The van der Waals surface area contributed by atoms with Gasteiger partial charge in [-0.1, -0.05) is 6.92 Å². The molecule has 0 saturated carbocycles. The number of likely N-dealkylation sites (tertiary alicyclic amines) is 1. The number of rotatable bonds is 4.